The van der Waals surface area contributed by atoms with Gasteiger partial charge < -0.3 is 0 Å². The molecule has 0 aliphatic heterocycles. The fraction of sp³-hybridized carbons (Fsp3) is 0.184. The largest absolute Gasteiger partial charge is 0.288 e. The van der Waals surface area contributed by atoms with Gasteiger partial charge in [-0.1, -0.05) is 53.7 Å². The monoisotopic (exact) mass is 738 g/mol. The minimum Gasteiger partial charge on any atom is -0.288 e. The van der Waals surface area contributed by atoms with Crippen LogP contribution in [0.3, 0.4) is 0 Å². The zero-order valence-electron chi connectivity index (χ0n) is 31.9. The molecule has 0 radical (unpaired) electrons. The Morgan fingerprint density at radius 1 is 0.404 bits per heavy atom. The van der Waals surface area contributed by atoms with Crippen LogP contribution >= 0.6 is 0 Å². The summed E-state index contributed by atoms with van der Waals surface area (Å²) in [5.41, 5.74) is 9.36. The van der Waals surface area contributed by atoms with Crippen molar-refractivity contribution < 1.29 is 19.2 Å². The van der Waals surface area contributed by atoms with E-state index in [0.717, 1.165) is 55.7 Å². The van der Waals surface area contributed by atoms with E-state index in [-0.39, 0.29) is 61.1 Å². The van der Waals surface area contributed by atoms with E-state index in [1.807, 2.05) is 36.4 Å². The van der Waals surface area contributed by atoms with Crippen LogP contribution in [0.2, 0.25) is 0 Å². The van der Waals surface area contributed by atoms with Crippen molar-refractivity contribution in [2.24, 2.45) is 0 Å². The minimum atomic E-state index is -0.577. The van der Waals surface area contributed by atoms with Crippen LogP contribution in [0.4, 0.5) is 0 Å². The van der Waals surface area contributed by atoms with Crippen LogP contribution in [0.25, 0.3) is 23.3 Å². The number of carbonyl (C=O) groups excluding carboxylic acids is 4. The van der Waals surface area contributed by atoms with Crippen molar-refractivity contribution >= 4 is 35.3 Å². The number of hydrogen-bond donors (Lipinski definition) is 0. The molecule has 0 N–H and O–H groups in total. The molecule has 270 valence electrons. The average Bonchev–Trinajstić information content (AvgIpc) is 3.83. The summed E-state index contributed by atoms with van der Waals surface area (Å²) in [6.45, 7) is 12.6. The molecule has 0 heterocycles. The summed E-state index contributed by atoms with van der Waals surface area (Å²) >= 11 is 0. The summed E-state index contributed by atoms with van der Waals surface area (Å²) in [6, 6.07) is 22.0. The molecular formula is C49H30N4O4. The number of Topliss-reactive ketones (excluding diaryl/α,β-unsaturated/α-hetero) is 4. The number of fused-ring (bicyclic) bond motifs is 7. The van der Waals surface area contributed by atoms with Crippen molar-refractivity contribution in [2.45, 2.75) is 57.8 Å². The van der Waals surface area contributed by atoms with E-state index in [2.05, 4.69) is 65.8 Å². The van der Waals surface area contributed by atoms with Gasteiger partial charge in [-0.05, 0) is 116 Å². The predicted octanol–water partition coefficient (Wildman–Crippen LogP) is 8.84. The minimum absolute atomic E-state index is 0.00844. The lowest BCUT2D eigenvalue weighted by molar-refractivity contribution is 0.0973. The van der Waals surface area contributed by atoms with Crippen LogP contribution < -0.4 is 0 Å². The third-order valence-electron chi connectivity index (χ3n) is 12.8. The lowest BCUT2D eigenvalue weighted by atomic mass is 9.77. The first-order chi connectivity index (χ1) is 27.0. The van der Waals surface area contributed by atoms with E-state index in [9.17, 15) is 40.2 Å². The number of benzene rings is 4. The number of nitrogens with zero attached hydrogens (tertiary/aromatic N) is 4. The lowest BCUT2D eigenvalue weighted by Gasteiger charge is -2.26. The van der Waals surface area contributed by atoms with Crippen molar-refractivity contribution in [3.05, 3.63) is 161 Å². The van der Waals surface area contributed by atoms with Crippen molar-refractivity contribution in [3.63, 3.8) is 0 Å². The number of rotatable bonds is 2. The second-order valence-corrected chi connectivity index (χ2v) is 16.8. The molecule has 8 nitrogen and oxygen atoms in total. The van der Waals surface area contributed by atoms with Gasteiger partial charge in [-0.15, -0.1) is 0 Å². The molecule has 8 heteroatoms. The lowest BCUT2D eigenvalue weighted by Crippen LogP contribution is -2.19. The van der Waals surface area contributed by atoms with Crippen molar-refractivity contribution in [2.75, 3.05) is 0 Å². The molecule has 4 aromatic carbocycles. The highest BCUT2D eigenvalue weighted by atomic mass is 16.2. The van der Waals surface area contributed by atoms with E-state index >= 15 is 0 Å². The van der Waals surface area contributed by atoms with Crippen molar-refractivity contribution in [1.82, 2.24) is 0 Å². The summed E-state index contributed by atoms with van der Waals surface area (Å²) in [6.07, 6.45) is 7.38. The quantitative estimate of drug-likeness (QED) is 0.145. The van der Waals surface area contributed by atoms with Gasteiger partial charge in [0.25, 0.3) is 0 Å². The molecule has 0 atom stereocenters. The molecular weight excluding hydrogens is 709 g/mol. The van der Waals surface area contributed by atoms with Crippen LogP contribution in [-0.4, -0.2) is 23.1 Å². The Balaban J connectivity index is 1.08. The third kappa shape index (κ3) is 4.50. The molecule has 0 aromatic heterocycles. The maximum absolute atomic E-state index is 13.6. The molecule has 0 fully saturated rings. The molecule has 0 amide bonds. The zero-order valence-corrected chi connectivity index (χ0v) is 31.9. The van der Waals surface area contributed by atoms with Gasteiger partial charge in [0, 0.05) is 38.5 Å². The topological polar surface area (TPSA) is 163 Å². The highest BCUT2D eigenvalue weighted by Crippen LogP contribution is 2.56. The predicted molar refractivity (Wildman–Crippen MR) is 211 cm³/mol. The Morgan fingerprint density at radius 3 is 0.982 bits per heavy atom. The molecule has 0 spiro atoms. The molecule has 0 saturated heterocycles. The van der Waals surface area contributed by atoms with Gasteiger partial charge in [0.1, 0.15) is 24.3 Å². The number of ketones is 4. The molecule has 0 unspecified atom stereocenters. The third-order valence-corrected chi connectivity index (χ3v) is 12.8. The Hall–Kier alpha value is -7.52. The first-order valence-electron chi connectivity index (χ1n) is 18.4. The van der Waals surface area contributed by atoms with Crippen LogP contribution in [0, 0.1) is 45.3 Å². The van der Waals surface area contributed by atoms with Gasteiger partial charge in [-0.25, -0.2) is 0 Å². The fourth-order valence-electron chi connectivity index (χ4n) is 9.31. The molecule has 0 bridgehead atoms. The standard InChI is InChI=1S/C49H30N4O4/c1-47(2)29(15-37-43(54)33-9-25(19-50)26(20-51)10-34(33)44(37)55)7-23-13-41-31(17-39(23)47)32-18-40-24(14-42(32)49(41,5)6)8-30(48(40,3)4)16-38-45(56)35-11-27(21-52)28(22-53)12-36(35)46(38)57/h7-18H,1-6H3. The smallest absolute Gasteiger partial charge is 0.197 e. The first-order valence-corrected chi connectivity index (χ1v) is 18.4. The van der Waals surface area contributed by atoms with Crippen LogP contribution in [0.1, 0.15) is 139 Å². The Labute approximate surface area is 328 Å². The fourth-order valence-corrected chi connectivity index (χ4v) is 9.31. The second-order valence-electron chi connectivity index (χ2n) is 16.8. The summed E-state index contributed by atoms with van der Waals surface area (Å²) < 4.78 is 0. The van der Waals surface area contributed by atoms with Crippen LogP contribution in [0.15, 0.2) is 83.0 Å². The van der Waals surface area contributed by atoms with Gasteiger partial charge in [-0.3, -0.25) is 19.2 Å². The Kier molecular flexibility index (Phi) is 6.96. The number of nitriles is 4. The van der Waals surface area contributed by atoms with Gasteiger partial charge in [0.05, 0.1) is 33.4 Å². The first kappa shape index (κ1) is 35.2. The SMILES string of the molecule is CC1(C)C(C=C2C(=O)c3cc(C#N)c(C#N)cc3C2=O)=Cc2cc3c(cc21)-c1cc2c(cc1C3(C)C)C=C(C=C1C(=O)c3cc(C#N)c(C#N)cc3C1=O)C2(C)C. The van der Waals surface area contributed by atoms with Gasteiger partial charge >= 0.3 is 0 Å². The highest BCUT2D eigenvalue weighted by molar-refractivity contribution is 6.40. The summed E-state index contributed by atoms with van der Waals surface area (Å²) in [5, 5.41) is 38.0. The Bertz CT molecular complexity index is 2780. The van der Waals surface area contributed by atoms with E-state index in [1.54, 1.807) is 12.2 Å². The Morgan fingerprint density at radius 2 is 0.702 bits per heavy atom. The van der Waals surface area contributed by atoms with E-state index in [4.69, 9.17) is 0 Å². The van der Waals surface area contributed by atoms with Crippen molar-refractivity contribution in [3.8, 4) is 35.4 Å². The number of carbonyl (C=O) groups is 4. The highest BCUT2D eigenvalue weighted by Gasteiger charge is 2.44. The van der Waals surface area contributed by atoms with Crippen molar-refractivity contribution in [1.29, 1.82) is 21.0 Å². The molecule has 4 aromatic rings. The summed E-state index contributed by atoms with van der Waals surface area (Å²) in [7, 11) is 0. The second kappa shape index (κ2) is 11.3. The maximum Gasteiger partial charge on any atom is 0.197 e. The molecule has 57 heavy (non-hydrogen) atoms. The van der Waals surface area contributed by atoms with E-state index in [0.29, 0.717) is 0 Å². The van der Waals surface area contributed by atoms with E-state index in [1.165, 1.54) is 24.3 Å². The van der Waals surface area contributed by atoms with Gasteiger partial charge in [-0.2, -0.15) is 21.0 Å². The zero-order chi connectivity index (χ0) is 40.7. The maximum atomic E-state index is 13.6. The summed E-state index contributed by atoms with van der Waals surface area (Å²) in [5.74, 6) is -1.86. The van der Waals surface area contributed by atoms with Gasteiger partial charge in [0.15, 0.2) is 23.1 Å². The van der Waals surface area contributed by atoms with Gasteiger partial charge in [0.2, 0.25) is 0 Å². The number of hydrogen-bond acceptors (Lipinski definition) is 8. The molecule has 5 aliphatic rings. The molecule has 0 saturated carbocycles. The molecule has 9 rings (SSSR count). The van der Waals surface area contributed by atoms with E-state index < -0.39 is 34.0 Å². The van der Waals surface area contributed by atoms with Crippen LogP contribution in [-0.2, 0) is 16.2 Å². The normalized spacial score (nSPS) is 17.9. The van der Waals surface area contributed by atoms with Crippen LogP contribution in [0.5, 0.6) is 0 Å². The number of allylic oxidation sites excluding steroid dienone is 6. The average molecular weight is 739 g/mol. The summed E-state index contributed by atoms with van der Waals surface area (Å²) in [4.78, 5) is 54.2. The molecule has 5 aliphatic carbocycles.